The van der Waals surface area contributed by atoms with Crippen LogP contribution in [0.3, 0.4) is 0 Å². The highest BCUT2D eigenvalue weighted by Crippen LogP contribution is 2.27. The summed E-state index contributed by atoms with van der Waals surface area (Å²) in [6.07, 6.45) is 3.41. The molecule has 1 heterocycles. The Balaban J connectivity index is 1.99. The molecule has 0 atom stereocenters. The van der Waals surface area contributed by atoms with Gasteiger partial charge in [-0.25, -0.2) is 0 Å². The van der Waals surface area contributed by atoms with E-state index in [9.17, 15) is 0 Å². The van der Waals surface area contributed by atoms with Crippen molar-refractivity contribution in [2.24, 2.45) is 5.73 Å². The lowest BCUT2D eigenvalue weighted by molar-refractivity contribution is 0.564. The SMILES string of the molecule is NC(=S)c1ccc(NCc2ccoc2)c2ccccc12. The normalized spacial score (nSPS) is 10.6. The second kappa shape index (κ2) is 5.35. The van der Waals surface area contributed by atoms with Gasteiger partial charge in [-0.2, -0.15) is 0 Å². The van der Waals surface area contributed by atoms with Crippen LogP contribution < -0.4 is 11.1 Å². The predicted molar refractivity (Wildman–Crippen MR) is 85.9 cm³/mol. The summed E-state index contributed by atoms with van der Waals surface area (Å²) >= 11 is 5.11. The molecule has 3 nitrogen and oxygen atoms in total. The number of fused-ring (bicyclic) bond motifs is 1. The molecule has 0 amide bonds. The molecule has 1 aromatic heterocycles. The van der Waals surface area contributed by atoms with Gasteiger partial charge in [0.2, 0.25) is 0 Å². The van der Waals surface area contributed by atoms with Crippen molar-refractivity contribution in [1.82, 2.24) is 0 Å². The van der Waals surface area contributed by atoms with E-state index in [1.807, 2.05) is 36.4 Å². The minimum absolute atomic E-state index is 0.419. The van der Waals surface area contributed by atoms with E-state index in [0.717, 1.165) is 27.6 Å². The number of nitrogens with one attached hydrogen (secondary N) is 1. The third-order valence-electron chi connectivity index (χ3n) is 3.25. The molecule has 0 aliphatic rings. The highest BCUT2D eigenvalue weighted by atomic mass is 32.1. The Morgan fingerprint density at radius 2 is 1.90 bits per heavy atom. The molecule has 0 saturated heterocycles. The van der Waals surface area contributed by atoms with Crippen molar-refractivity contribution in [2.45, 2.75) is 6.54 Å². The lowest BCUT2D eigenvalue weighted by Crippen LogP contribution is -2.10. The van der Waals surface area contributed by atoms with Crippen LogP contribution in [0, 0.1) is 0 Å². The van der Waals surface area contributed by atoms with Gasteiger partial charge in [-0.15, -0.1) is 0 Å². The molecule has 0 aliphatic carbocycles. The summed E-state index contributed by atoms with van der Waals surface area (Å²) in [6, 6.07) is 14.0. The Hall–Kier alpha value is -2.33. The largest absolute Gasteiger partial charge is 0.472 e. The minimum Gasteiger partial charge on any atom is -0.472 e. The van der Waals surface area contributed by atoms with E-state index in [4.69, 9.17) is 22.4 Å². The van der Waals surface area contributed by atoms with E-state index in [0.29, 0.717) is 11.5 Å². The maximum atomic E-state index is 5.78. The van der Waals surface area contributed by atoms with Gasteiger partial charge in [0.1, 0.15) is 4.99 Å². The maximum absolute atomic E-state index is 5.78. The molecule has 0 spiro atoms. The summed E-state index contributed by atoms with van der Waals surface area (Å²) < 4.78 is 5.07. The van der Waals surface area contributed by atoms with Crippen LogP contribution in [0.5, 0.6) is 0 Å². The van der Waals surface area contributed by atoms with Crippen LogP contribution in [-0.2, 0) is 6.54 Å². The molecular weight excluding hydrogens is 268 g/mol. The molecule has 4 heteroatoms. The van der Waals surface area contributed by atoms with E-state index in [1.54, 1.807) is 12.5 Å². The monoisotopic (exact) mass is 282 g/mol. The number of rotatable bonds is 4. The molecule has 0 unspecified atom stereocenters. The summed E-state index contributed by atoms with van der Waals surface area (Å²) in [4.78, 5) is 0.419. The molecule has 3 N–H and O–H groups in total. The third-order valence-corrected chi connectivity index (χ3v) is 3.47. The van der Waals surface area contributed by atoms with Crippen LogP contribution in [0.1, 0.15) is 11.1 Å². The van der Waals surface area contributed by atoms with Gasteiger partial charge in [0.15, 0.2) is 0 Å². The maximum Gasteiger partial charge on any atom is 0.104 e. The van der Waals surface area contributed by atoms with E-state index in [1.165, 1.54) is 0 Å². The number of hydrogen-bond donors (Lipinski definition) is 2. The van der Waals surface area contributed by atoms with Crippen LogP contribution in [-0.4, -0.2) is 4.99 Å². The topological polar surface area (TPSA) is 51.2 Å². The highest BCUT2D eigenvalue weighted by Gasteiger charge is 2.07. The molecule has 2 aromatic carbocycles. The molecule has 3 aromatic rings. The van der Waals surface area contributed by atoms with Crippen molar-refractivity contribution in [3.63, 3.8) is 0 Å². The first-order chi connectivity index (χ1) is 9.75. The predicted octanol–water partition coefficient (Wildman–Crippen LogP) is 3.68. The van der Waals surface area contributed by atoms with Gasteiger partial charge >= 0.3 is 0 Å². The molecule has 0 saturated carbocycles. The van der Waals surface area contributed by atoms with Gasteiger partial charge in [-0.05, 0) is 23.6 Å². The lowest BCUT2D eigenvalue weighted by Gasteiger charge is -2.12. The Morgan fingerprint density at radius 1 is 1.10 bits per heavy atom. The fourth-order valence-corrected chi connectivity index (χ4v) is 2.44. The fourth-order valence-electron chi connectivity index (χ4n) is 2.26. The molecule has 0 bridgehead atoms. The van der Waals surface area contributed by atoms with Crippen LogP contribution in [0.25, 0.3) is 10.8 Å². The summed E-state index contributed by atoms with van der Waals surface area (Å²) in [6.45, 7) is 0.715. The standard InChI is InChI=1S/C16H14N2OS/c17-16(20)14-5-6-15(13-4-2-1-3-12(13)14)18-9-11-7-8-19-10-11/h1-8,10,18H,9H2,(H2,17,20). The van der Waals surface area contributed by atoms with Crippen molar-refractivity contribution < 1.29 is 4.42 Å². The fraction of sp³-hybridized carbons (Fsp3) is 0.0625. The molecule has 100 valence electrons. The highest BCUT2D eigenvalue weighted by molar-refractivity contribution is 7.80. The lowest BCUT2D eigenvalue weighted by atomic mass is 10.0. The van der Waals surface area contributed by atoms with E-state index < -0.39 is 0 Å². The van der Waals surface area contributed by atoms with Crippen molar-refractivity contribution in [1.29, 1.82) is 0 Å². The van der Waals surface area contributed by atoms with Crippen LogP contribution in [0.15, 0.2) is 59.4 Å². The van der Waals surface area contributed by atoms with Crippen molar-refractivity contribution in [2.75, 3.05) is 5.32 Å². The molecular formula is C16H14N2OS. The van der Waals surface area contributed by atoms with Crippen LogP contribution in [0.2, 0.25) is 0 Å². The Kier molecular flexibility index (Phi) is 3.39. The molecule has 0 aliphatic heterocycles. The van der Waals surface area contributed by atoms with Crippen molar-refractivity contribution in [3.05, 3.63) is 66.1 Å². The number of nitrogens with two attached hydrogens (primary N) is 1. The smallest absolute Gasteiger partial charge is 0.104 e. The van der Waals surface area contributed by atoms with Crippen molar-refractivity contribution >= 4 is 33.7 Å². The van der Waals surface area contributed by atoms with Gasteiger partial charge in [0.25, 0.3) is 0 Å². The second-order valence-electron chi connectivity index (χ2n) is 4.56. The van der Waals surface area contributed by atoms with Crippen molar-refractivity contribution in [3.8, 4) is 0 Å². The third kappa shape index (κ3) is 2.38. The van der Waals surface area contributed by atoms with E-state index >= 15 is 0 Å². The van der Waals surface area contributed by atoms with Crippen LogP contribution >= 0.6 is 12.2 Å². The average Bonchev–Trinajstić information content (AvgIpc) is 2.97. The number of thiocarbonyl (C=S) groups is 1. The van der Waals surface area contributed by atoms with Crippen LogP contribution in [0.4, 0.5) is 5.69 Å². The number of furan rings is 1. The van der Waals surface area contributed by atoms with Gasteiger partial charge in [0.05, 0.1) is 12.5 Å². The molecule has 0 radical (unpaired) electrons. The van der Waals surface area contributed by atoms with Gasteiger partial charge < -0.3 is 15.5 Å². The number of benzene rings is 2. The Bertz CT molecular complexity index is 750. The Morgan fingerprint density at radius 3 is 2.60 bits per heavy atom. The van der Waals surface area contributed by atoms with Gasteiger partial charge in [-0.3, -0.25) is 0 Å². The average molecular weight is 282 g/mol. The quantitative estimate of drug-likeness (QED) is 0.717. The zero-order valence-electron chi connectivity index (χ0n) is 10.8. The summed E-state index contributed by atoms with van der Waals surface area (Å²) in [5.41, 5.74) is 8.85. The van der Waals surface area contributed by atoms with E-state index in [-0.39, 0.29) is 0 Å². The summed E-state index contributed by atoms with van der Waals surface area (Å²) in [5.74, 6) is 0. The molecule has 0 fully saturated rings. The first kappa shape index (κ1) is 12.7. The van der Waals surface area contributed by atoms with E-state index in [2.05, 4.69) is 11.4 Å². The summed E-state index contributed by atoms with van der Waals surface area (Å²) in [7, 11) is 0. The Labute approximate surface area is 122 Å². The second-order valence-corrected chi connectivity index (χ2v) is 5.00. The number of hydrogen-bond acceptors (Lipinski definition) is 3. The zero-order valence-corrected chi connectivity index (χ0v) is 11.6. The number of anilines is 1. The van der Waals surface area contributed by atoms with Gasteiger partial charge in [0, 0.05) is 28.7 Å². The first-order valence-electron chi connectivity index (χ1n) is 6.32. The van der Waals surface area contributed by atoms with Gasteiger partial charge in [-0.1, -0.05) is 36.5 Å². The zero-order chi connectivity index (χ0) is 13.9. The molecule has 3 rings (SSSR count). The first-order valence-corrected chi connectivity index (χ1v) is 6.73. The minimum atomic E-state index is 0.419. The summed E-state index contributed by atoms with van der Waals surface area (Å²) in [5, 5.41) is 5.59. The molecule has 20 heavy (non-hydrogen) atoms.